The summed E-state index contributed by atoms with van der Waals surface area (Å²) in [5.41, 5.74) is 5.57. The van der Waals surface area contributed by atoms with Crippen molar-refractivity contribution in [1.82, 2.24) is 0 Å². The standard InChI is InChI=1S/C14H21/c1-9(2)13-8-11(5)7-12(6)14(13)10(3)4/h8-10H,1-6H3. The van der Waals surface area contributed by atoms with Gasteiger partial charge in [0.15, 0.2) is 0 Å². The normalized spacial score (nSPS) is 11.4. The Morgan fingerprint density at radius 1 is 1.00 bits per heavy atom. The van der Waals surface area contributed by atoms with Crippen LogP contribution in [0.5, 0.6) is 0 Å². The Balaban J connectivity index is 3.37. The van der Waals surface area contributed by atoms with E-state index in [0.717, 1.165) is 0 Å². The molecule has 0 nitrogen and oxygen atoms in total. The first kappa shape index (κ1) is 11.3. The minimum atomic E-state index is 0.601. The van der Waals surface area contributed by atoms with Crippen molar-refractivity contribution in [3.05, 3.63) is 34.4 Å². The molecule has 0 aliphatic heterocycles. The van der Waals surface area contributed by atoms with Crippen molar-refractivity contribution in [2.24, 2.45) is 0 Å². The van der Waals surface area contributed by atoms with E-state index in [2.05, 4.69) is 53.7 Å². The molecule has 1 radical (unpaired) electrons. The largest absolute Gasteiger partial charge is 0.0587 e. The summed E-state index contributed by atoms with van der Waals surface area (Å²) < 4.78 is 0. The van der Waals surface area contributed by atoms with E-state index in [4.69, 9.17) is 0 Å². The van der Waals surface area contributed by atoms with E-state index in [1.54, 1.807) is 0 Å². The average Bonchev–Trinajstić information content (AvgIpc) is 2.01. The van der Waals surface area contributed by atoms with Gasteiger partial charge in [0.05, 0.1) is 0 Å². The third-order valence-corrected chi connectivity index (χ3v) is 2.67. The van der Waals surface area contributed by atoms with Crippen molar-refractivity contribution in [2.75, 3.05) is 0 Å². The van der Waals surface area contributed by atoms with Crippen LogP contribution >= 0.6 is 0 Å². The molecule has 0 bridgehead atoms. The van der Waals surface area contributed by atoms with Crippen molar-refractivity contribution in [3.8, 4) is 0 Å². The van der Waals surface area contributed by atoms with Crippen LogP contribution < -0.4 is 0 Å². The van der Waals surface area contributed by atoms with E-state index in [1.807, 2.05) is 0 Å². The summed E-state index contributed by atoms with van der Waals surface area (Å²) in [5, 5.41) is 0. The predicted octanol–water partition coefficient (Wildman–Crippen LogP) is 4.35. The molecule has 0 spiro atoms. The summed E-state index contributed by atoms with van der Waals surface area (Å²) in [6.45, 7) is 13.4. The second kappa shape index (κ2) is 4.16. The minimum Gasteiger partial charge on any atom is -0.0587 e. The van der Waals surface area contributed by atoms with Crippen LogP contribution in [0.1, 0.15) is 61.8 Å². The fraction of sp³-hybridized carbons (Fsp3) is 0.571. The monoisotopic (exact) mass is 189 g/mol. The Hall–Kier alpha value is -0.780. The summed E-state index contributed by atoms with van der Waals surface area (Å²) in [5.74, 6) is 1.21. The maximum atomic E-state index is 3.42. The summed E-state index contributed by atoms with van der Waals surface area (Å²) in [4.78, 5) is 0. The first-order valence-electron chi connectivity index (χ1n) is 5.46. The van der Waals surface area contributed by atoms with Gasteiger partial charge in [0.2, 0.25) is 0 Å². The molecule has 0 amide bonds. The van der Waals surface area contributed by atoms with E-state index >= 15 is 0 Å². The van der Waals surface area contributed by atoms with Crippen molar-refractivity contribution >= 4 is 0 Å². The molecule has 0 heteroatoms. The second-order valence-corrected chi connectivity index (χ2v) is 4.76. The van der Waals surface area contributed by atoms with Gasteiger partial charge >= 0.3 is 0 Å². The zero-order valence-corrected chi connectivity index (χ0v) is 10.2. The molecule has 0 aliphatic carbocycles. The van der Waals surface area contributed by atoms with Gasteiger partial charge in [-0.05, 0) is 54.0 Å². The fourth-order valence-corrected chi connectivity index (χ4v) is 2.17. The Labute approximate surface area is 88.4 Å². The van der Waals surface area contributed by atoms with Gasteiger partial charge in [-0.25, -0.2) is 0 Å². The molecule has 0 unspecified atom stereocenters. The maximum Gasteiger partial charge on any atom is -0.0117 e. The molecule has 1 rings (SSSR count). The van der Waals surface area contributed by atoms with Gasteiger partial charge in [-0.3, -0.25) is 0 Å². The fourth-order valence-electron chi connectivity index (χ4n) is 2.17. The predicted molar refractivity (Wildman–Crippen MR) is 62.9 cm³/mol. The molecule has 1 aromatic carbocycles. The lowest BCUT2D eigenvalue weighted by molar-refractivity contribution is 0.781. The van der Waals surface area contributed by atoms with Crippen LogP contribution in [0.2, 0.25) is 0 Å². The maximum absolute atomic E-state index is 3.42. The Bertz CT molecular complexity index is 319. The molecule has 0 fully saturated rings. The van der Waals surface area contributed by atoms with E-state index < -0.39 is 0 Å². The molecular weight excluding hydrogens is 168 g/mol. The number of rotatable bonds is 2. The molecular formula is C14H21. The highest BCUT2D eigenvalue weighted by molar-refractivity contribution is 5.40. The lowest BCUT2D eigenvalue weighted by atomic mass is 9.86. The van der Waals surface area contributed by atoms with E-state index in [1.165, 1.54) is 22.3 Å². The summed E-state index contributed by atoms with van der Waals surface area (Å²) in [6, 6.07) is 5.70. The lowest BCUT2D eigenvalue weighted by Crippen LogP contribution is -2.02. The molecule has 0 aromatic heterocycles. The van der Waals surface area contributed by atoms with Crippen molar-refractivity contribution in [1.29, 1.82) is 0 Å². The van der Waals surface area contributed by atoms with Crippen molar-refractivity contribution < 1.29 is 0 Å². The zero-order chi connectivity index (χ0) is 10.9. The van der Waals surface area contributed by atoms with Crippen LogP contribution in [-0.2, 0) is 0 Å². The highest BCUT2D eigenvalue weighted by Crippen LogP contribution is 2.29. The van der Waals surface area contributed by atoms with Gasteiger partial charge in [0, 0.05) is 0 Å². The summed E-state index contributed by atoms with van der Waals surface area (Å²) in [6.07, 6.45) is 0. The molecule has 1 aromatic rings. The molecule has 77 valence electrons. The van der Waals surface area contributed by atoms with Crippen LogP contribution in [0.4, 0.5) is 0 Å². The highest BCUT2D eigenvalue weighted by atomic mass is 14.2. The first-order valence-corrected chi connectivity index (χ1v) is 5.46. The third kappa shape index (κ3) is 2.17. The number of aryl methyl sites for hydroxylation is 2. The third-order valence-electron chi connectivity index (χ3n) is 2.67. The Morgan fingerprint density at radius 3 is 2.00 bits per heavy atom. The molecule has 0 aliphatic rings. The molecule has 0 heterocycles. The highest BCUT2D eigenvalue weighted by Gasteiger charge is 2.12. The number of hydrogen-bond acceptors (Lipinski definition) is 0. The average molecular weight is 189 g/mol. The quantitative estimate of drug-likeness (QED) is 0.649. The van der Waals surface area contributed by atoms with Gasteiger partial charge in [0.25, 0.3) is 0 Å². The summed E-state index contributed by atoms with van der Waals surface area (Å²) in [7, 11) is 0. The number of hydrogen-bond donors (Lipinski definition) is 0. The van der Waals surface area contributed by atoms with Crippen LogP contribution in [0, 0.1) is 19.9 Å². The second-order valence-electron chi connectivity index (χ2n) is 4.76. The van der Waals surface area contributed by atoms with E-state index in [0.29, 0.717) is 11.8 Å². The van der Waals surface area contributed by atoms with Crippen LogP contribution in [0.3, 0.4) is 0 Å². The molecule has 0 atom stereocenters. The van der Waals surface area contributed by atoms with Crippen LogP contribution in [-0.4, -0.2) is 0 Å². The smallest absolute Gasteiger partial charge is 0.0117 e. The van der Waals surface area contributed by atoms with E-state index in [9.17, 15) is 0 Å². The van der Waals surface area contributed by atoms with Gasteiger partial charge < -0.3 is 0 Å². The van der Waals surface area contributed by atoms with Gasteiger partial charge in [-0.2, -0.15) is 0 Å². The lowest BCUT2D eigenvalue weighted by Gasteiger charge is -2.19. The summed E-state index contributed by atoms with van der Waals surface area (Å²) >= 11 is 0. The molecule has 0 saturated carbocycles. The topological polar surface area (TPSA) is 0 Å². The molecule has 14 heavy (non-hydrogen) atoms. The molecule has 0 N–H and O–H groups in total. The van der Waals surface area contributed by atoms with E-state index in [-0.39, 0.29) is 0 Å². The van der Waals surface area contributed by atoms with Gasteiger partial charge in [-0.1, -0.05) is 33.8 Å². The zero-order valence-electron chi connectivity index (χ0n) is 10.2. The molecule has 0 saturated heterocycles. The van der Waals surface area contributed by atoms with Crippen LogP contribution in [0.15, 0.2) is 6.07 Å². The van der Waals surface area contributed by atoms with Gasteiger partial charge in [0.1, 0.15) is 0 Å². The Morgan fingerprint density at radius 2 is 1.57 bits per heavy atom. The minimum absolute atomic E-state index is 0.601. The van der Waals surface area contributed by atoms with Crippen molar-refractivity contribution in [2.45, 2.75) is 53.4 Å². The first-order chi connectivity index (χ1) is 6.43. The van der Waals surface area contributed by atoms with Crippen LogP contribution in [0.25, 0.3) is 0 Å². The SMILES string of the molecule is Cc1[c]c(C)c(C(C)C)c(C(C)C)c1. The number of benzene rings is 1. The van der Waals surface area contributed by atoms with Crippen molar-refractivity contribution in [3.63, 3.8) is 0 Å². The Kier molecular flexibility index (Phi) is 3.36. The van der Waals surface area contributed by atoms with Gasteiger partial charge in [-0.15, -0.1) is 0 Å².